The number of fused-ring (bicyclic) bond motifs is 6. The predicted octanol–water partition coefficient (Wildman–Crippen LogP) is 11.5. The lowest BCUT2D eigenvalue weighted by molar-refractivity contribution is 0.666. The quantitative estimate of drug-likeness (QED) is 0.186. The Bertz CT molecular complexity index is 3310. The second kappa shape index (κ2) is 11.4. The fourth-order valence-electron chi connectivity index (χ4n) is 6.69. The molecule has 0 atom stereocenters. The van der Waals surface area contributed by atoms with Gasteiger partial charge < -0.3 is 8.98 Å². The second-order valence-corrected chi connectivity index (χ2v) is 11.7. The summed E-state index contributed by atoms with van der Waals surface area (Å²) >= 11 is 0. The molecule has 0 amide bonds. The van der Waals surface area contributed by atoms with Crippen LogP contribution in [0, 0.1) is 0 Å². The molecule has 5 heteroatoms. The minimum absolute atomic E-state index is 0.0490. The van der Waals surface area contributed by atoms with E-state index in [1.165, 1.54) is 0 Å². The van der Waals surface area contributed by atoms with Crippen LogP contribution in [-0.2, 0) is 0 Å². The maximum atomic E-state index is 8.66. The highest BCUT2D eigenvalue weighted by Gasteiger charge is 2.20. The standard InChI is InChI=1S/C45H28N4O/c1-4-14-29(15-5-1)33-21-12-24-38-41(33)36-20-10-11-23-37(36)49(38)39-25-13-22-35-34-27-26-32(28-40(34)50-42(35)39)45-47-43(30-16-6-2-7-17-30)46-44(48-45)31-18-8-3-9-19-31/h1-28H/i2D,3D,6D,7D,8D,9D,16D,17D,18D,19D. The molecule has 50 heavy (non-hydrogen) atoms. The zero-order valence-corrected chi connectivity index (χ0v) is 26.1. The van der Waals surface area contributed by atoms with Crippen LogP contribution in [0.2, 0.25) is 0 Å². The number of hydrogen-bond donors (Lipinski definition) is 0. The number of benzene rings is 7. The van der Waals surface area contributed by atoms with Crippen LogP contribution in [0.5, 0.6) is 0 Å². The van der Waals surface area contributed by atoms with Crippen molar-refractivity contribution >= 4 is 43.7 Å². The smallest absolute Gasteiger partial charge is 0.164 e. The Labute approximate surface area is 301 Å². The van der Waals surface area contributed by atoms with Gasteiger partial charge >= 0.3 is 0 Å². The van der Waals surface area contributed by atoms with Gasteiger partial charge in [-0.15, -0.1) is 0 Å². The summed E-state index contributed by atoms with van der Waals surface area (Å²) in [4.78, 5) is 13.6. The van der Waals surface area contributed by atoms with E-state index in [4.69, 9.17) is 18.1 Å². The summed E-state index contributed by atoms with van der Waals surface area (Å²) in [6, 6.07) is 30.1. The SMILES string of the molecule is [2H]c1c([2H])c([2H])c(-c2nc(-c3ccc4c(c3)oc3c(-n5c6ccccc6c6c(-c7ccccc7)cccc65)cccc34)nc(-c3c([2H])c([2H])c([2H])c([2H])c3[2H])n2)c([2H])c1[2H]. The summed E-state index contributed by atoms with van der Waals surface area (Å²) in [6.07, 6.45) is 0. The molecule has 3 aromatic heterocycles. The first-order valence-corrected chi connectivity index (χ1v) is 15.9. The Morgan fingerprint density at radius 3 is 1.84 bits per heavy atom. The van der Waals surface area contributed by atoms with Crippen LogP contribution in [0.25, 0.3) is 94.7 Å². The van der Waals surface area contributed by atoms with Crippen molar-refractivity contribution in [3.63, 3.8) is 0 Å². The molecule has 0 unspecified atom stereocenters. The lowest BCUT2D eigenvalue weighted by Crippen LogP contribution is -2.00. The molecule has 0 aliphatic carbocycles. The number of aromatic nitrogens is 4. The number of furan rings is 1. The third-order valence-electron chi connectivity index (χ3n) is 8.84. The molecule has 0 fully saturated rings. The fraction of sp³-hybridized carbons (Fsp3) is 0. The highest BCUT2D eigenvalue weighted by atomic mass is 16.3. The Hall–Kier alpha value is -6.85. The maximum Gasteiger partial charge on any atom is 0.164 e. The topological polar surface area (TPSA) is 56.7 Å². The lowest BCUT2D eigenvalue weighted by atomic mass is 9.99. The van der Waals surface area contributed by atoms with Crippen LogP contribution >= 0.6 is 0 Å². The van der Waals surface area contributed by atoms with Crippen molar-refractivity contribution in [1.29, 1.82) is 0 Å². The third kappa shape index (κ3) is 4.52. The van der Waals surface area contributed by atoms with Gasteiger partial charge in [0, 0.05) is 38.2 Å². The molecule has 0 bridgehead atoms. The molecule has 10 aromatic rings. The maximum absolute atomic E-state index is 8.66. The Morgan fingerprint density at radius 1 is 0.480 bits per heavy atom. The monoisotopic (exact) mass is 650 g/mol. The number of para-hydroxylation sites is 2. The summed E-state index contributed by atoms with van der Waals surface area (Å²) in [5, 5.41) is 3.82. The average molecular weight is 651 g/mol. The minimum atomic E-state index is -0.614. The van der Waals surface area contributed by atoms with Crippen molar-refractivity contribution in [3.05, 3.63) is 170 Å². The fourth-order valence-corrected chi connectivity index (χ4v) is 6.69. The van der Waals surface area contributed by atoms with Gasteiger partial charge in [-0.3, -0.25) is 0 Å². The molecule has 234 valence electrons. The first-order chi connectivity index (χ1) is 28.9. The van der Waals surface area contributed by atoms with Crippen LogP contribution in [-0.4, -0.2) is 19.5 Å². The first-order valence-electron chi connectivity index (χ1n) is 20.9. The summed E-state index contributed by atoms with van der Waals surface area (Å²) in [5.41, 5.74) is 5.79. The zero-order chi connectivity index (χ0) is 41.7. The summed E-state index contributed by atoms with van der Waals surface area (Å²) in [7, 11) is 0. The highest BCUT2D eigenvalue weighted by molar-refractivity contribution is 6.17. The van der Waals surface area contributed by atoms with E-state index < -0.39 is 60.4 Å². The van der Waals surface area contributed by atoms with E-state index in [0.717, 1.165) is 49.4 Å². The van der Waals surface area contributed by atoms with Gasteiger partial charge in [0.25, 0.3) is 0 Å². The van der Waals surface area contributed by atoms with Crippen molar-refractivity contribution in [3.8, 4) is 51.0 Å². The van der Waals surface area contributed by atoms with Gasteiger partial charge in [-0.1, -0.05) is 139 Å². The zero-order valence-electron chi connectivity index (χ0n) is 36.1. The summed E-state index contributed by atoms with van der Waals surface area (Å²) < 4.78 is 93.0. The first kappa shape index (κ1) is 19.8. The van der Waals surface area contributed by atoms with Crippen molar-refractivity contribution in [1.82, 2.24) is 19.5 Å². The van der Waals surface area contributed by atoms with Gasteiger partial charge in [0.15, 0.2) is 23.1 Å². The molecule has 7 aromatic carbocycles. The van der Waals surface area contributed by atoms with Crippen LogP contribution in [0.15, 0.2) is 174 Å². The Balaban J connectivity index is 1.20. The van der Waals surface area contributed by atoms with Crippen LogP contribution in [0.3, 0.4) is 0 Å². The van der Waals surface area contributed by atoms with E-state index in [1.807, 2.05) is 54.6 Å². The van der Waals surface area contributed by atoms with Crippen LogP contribution < -0.4 is 0 Å². The highest BCUT2D eigenvalue weighted by Crippen LogP contribution is 2.41. The predicted molar refractivity (Wildman–Crippen MR) is 203 cm³/mol. The number of hydrogen-bond acceptors (Lipinski definition) is 4. The molecule has 0 radical (unpaired) electrons. The summed E-state index contributed by atoms with van der Waals surface area (Å²) in [6.45, 7) is 0. The van der Waals surface area contributed by atoms with Gasteiger partial charge in [0.05, 0.1) is 30.4 Å². The van der Waals surface area contributed by atoms with Crippen molar-refractivity contribution in [2.75, 3.05) is 0 Å². The minimum Gasteiger partial charge on any atom is -0.454 e. The largest absolute Gasteiger partial charge is 0.454 e. The molecular formula is C45H28N4O. The molecule has 0 N–H and O–H groups in total. The van der Waals surface area contributed by atoms with Crippen molar-refractivity contribution in [2.24, 2.45) is 0 Å². The number of rotatable bonds is 5. The van der Waals surface area contributed by atoms with E-state index in [2.05, 4.69) is 62.0 Å². The Morgan fingerprint density at radius 2 is 1.10 bits per heavy atom. The summed E-state index contributed by atoms with van der Waals surface area (Å²) in [5.74, 6) is -0.730. The molecule has 0 aliphatic heterocycles. The van der Waals surface area contributed by atoms with Crippen molar-refractivity contribution < 1.29 is 18.1 Å². The molecule has 0 aliphatic rings. The van der Waals surface area contributed by atoms with Crippen molar-refractivity contribution in [2.45, 2.75) is 0 Å². The van der Waals surface area contributed by atoms with E-state index in [9.17, 15) is 0 Å². The average Bonchev–Trinajstić information content (AvgIpc) is 3.82. The number of nitrogens with zero attached hydrogens (tertiary/aromatic N) is 4. The Kier molecular flexibility index (Phi) is 4.52. The van der Waals surface area contributed by atoms with Gasteiger partial charge in [-0.05, 0) is 41.5 Å². The lowest BCUT2D eigenvalue weighted by Gasteiger charge is -2.09. The van der Waals surface area contributed by atoms with Gasteiger partial charge in [-0.2, -0.15) is 0 Å². The molecule has 0 saturated heterocycles. The van der Waals surface area contributed by atoms with Gasteiger partial charge in [-0.25, -0.2) is 15.0 Å². The van der Waals surface area contributed by atoms with Gasteiger partial charge in [0.2, 0.25) is 0 Å². The normalized spacial score (nSPS) is 14.4. The molecule has 0 saturated carbocycles. The molecule has 5 nitrogen and oxygen atoms in total. The van der Waals surface area contributed by atoms with Crippen LogP contribution in [0.4, 0.5) is 0 Å². The molecular weight excluding hydrogens is 613 g/mol. The van der Waals surface area contributed by atoms with E-state index in [1.54, 1.807) is 12.1 Å². The molecule has 0 spiro atoms. The van der Waals surface area contributed by atoms with E-state index in [-0.39, 0.29) is 28.6 Å². The third-order valence-corrected chi connectivity index (χ3v) is 8.84. The molecule has 3 heterocycles. The van der Waals surface area contributed by atoms with Crippen LogP contribution in [0.1, 0.15) is 13.7 Å². The second-order valence-electron chi connectivity index (χ2n) is 11.7. The van der Waals surface area contributed by atoms with E-state index in [0.29, 0.717) is 16.7 Å². The van der Waals surface area contributed by atoms with Gasteiger partial charge in [0.1, 0.15) is 5.58 Å². The molecule has 10 rings (SSSR count). The van der Waals surface area contributed by atoms with E-state index >= 15 is 0 Å².